The molecule has 4 rings (SSSR count). The molecule has 6 heteroatoms. The fourth-order valence-electron chi connectivity index (χ4n) is 4.02. The van der Waals surface area contributed by atoms with E-state index in [4.69, 9.17) is 0 Å². The third kappa shape index (κ3) is 3.76. The molecular formula is C20H26N4OS. The molecule has 2 aromatic rings. The number of carbonyl (C=O) groups is 1. The second-order valence-corrected chi connectivity index (χ2v) is 8.42. The Hall–Kier alpha value is -1.92. The molecule has 2 aliphatic heterocycles. The van der Waals surface area contributed by atoms with Crippen LogP contribution in [0, 0.1) is 6.92 Å². The molecule has 5 nitrogen and oxygen atoms in total. The molecule has 0 bridgehead atoms. The number of thiazole rings is 1. The van der Waals surface area contributed by atoms with Crippen LogP contribution in [0.2, 0.25) is 0 Å². The number of amides is 1. The van der Waals surface area contributed by atoms with E-state index in [0.29, 0.717) is 13.0 Å². The van der Waals surface area contributed by atoms with Crippen LogP contribution in [-0.2, 0) is 17.8 Å². The van der Waals surface area contributed by atoms with Crippen molar-refractivity contribution in [2.24, 2.45) is 0 Å². The van der Waals surface area contributed by atoms with Gasteiger partial charge in [-0.3, -0.25) is 9.69 Å². The predicted molar refractivity (Wildman–Crippen MR) is 105 cm³/mol. The number of carbonyl (C=O) groups excluding carboxylic acids is 1. The van der Waals surface area contributed by atoms with Crippen molar-refractivity contribution in [3.05, 3.63) is 45.9 Å². The van der Waals surface area contributed by atoms with Gasteiger partial charge in [-0.1, -0.05) is 18.2 Å². The Morgan fingerprint density at radius 1 is 1.27 bits per heavy atom. The van der Waals surface area contributed by atoms with Crippen LogP contribution in [0.25, 0.3) is 0 Å². The molecule has 1 amide bonds. The van der Waals surface area contributed by atoms with E-state index < -0.39 is 0 Å². The molecule has 1 fully saturated rings. The normalized spacial score (nSPS) is 20.4. The lowest BCUT2D eigenvalue weighted by Gasteiger charge is -2.42. The van der Waals surface area contributed by atoms with E-state index in [9.17, 15) is 4.79 Å². The van der Waals surface area contributed by atoms with Gasteiger partial charge in [-0.25, -0.2) is 4.98 Å². The summed E-state index contributed by atoms with van der Waals surface area (Å²) in [4.78, 5) is 20.6. The molecule has 2 N–H and O–H groups in total. The van der Waals surface area contributed by atoms with Crippen LogP contribution >= 0.6 is 11.3 Å². The molecule has 0 atom stereocenters. The van der Waals surface area contributed by atoms with Gasteiger partial charge in [0.05, 0.1) is 11.2 Å². The Balaban J connectivity index is 1.50. The number of likely N-dealkylation sites (tertiary alicyclic amines) is 1. The van der Waals surface area contributed by atoms with Crippen molar-refractivity contribution >= 4 is 22.9 Å². The predicted octanol–water partition coefficient (Wildman–Crippen LogP) is 2.96. The largest absolute Gasteiger partial charge is 0.379 e. The van der Waals surface area contributed by atoms with Crippen LogP contribution in [0.5, 0.6) is 0 Å². The number of rotatable bonds is 2. The zero-order valence-corrected chi connectivity index (χ0v) is 16.1. The Labute approximate surface area is 158 Å². The smallest absolute Gasteiger partial charge is 0.222 e. The van der Waals surface area contributed by atoms with Crippen molar-refractivity contribution in [1.82, 2.24) is 15.2 Å². The maximum Gasteiger partial charge on any atom is 0.222 e. The highest BCUT2D eigenvalue weighted by Crippen LogP contribution is 2.33. The molecule has 26 heavy (non-hydrogen) atoms. The lowest BCUT2D eigenvalue weighted by molar-refractivity contribution is -0.122. The van der Waals surface area contributed by atoms with Crippen molar-refractivity contribution in [3.63, 3.8) is 0 Å². The zero-order chi connectivity index (χ0) is 18.0. The summed E-state index contributed by atoms with van der Waals surface area (Å²) in [5, 5.41) is 6.87. The molecule has 3 heterocycles. The maximum absolute atomic E-state index is 12.4. The third-order valence-corrected chi connectivity index (χ3v) is 6.58. The number of nitrogens with zero attached hydrogens (tertiary/aromatic N) is 2. The summed E-state index contributed by atoms with van der Waals surface area (Å²) in [7, 11) is 0. The second-order valence-electron chi connectivity index (χ2n) is 7.48. The number of benzene rings is 1. The number of piperidine rings is 1. The first-order valence-corrected chi connectivity index (χ1v) is 10.3. The SMILES string of the molecule is Cc1ncsc1CN1CCC2(CC1)CC(=O)NCCc1ccccc1N2. The van der Waals surface area contributed by atoms with Gasteiger partial charge in [-0.05, 0) is 37.8 Å². The van der Waals surface area contributed by atoms with Crippen LogP contribution in [0.15, 0.2) is 29.8 Å². The van der Waals surface area contributed by atoms with Crippen LogP contribution in [-0.4, -0.2) is 41.0 Å². The molecule has 0 saturated carbocycles. The van der Waals surface area contributed by atoms with Crippen molar-refractivity contribution in [2.75, 3.05) is 25.0 Å². The fraction of sp³-hybridized carbons (Fsp3) is 0.500. The summed E-state index contributed by atoms with van der Waals surface area (Å²) < 4.78 is 0. The van der Waals surface area contributed by atoms with E-state index in [0.717, 1.165) is 44.6 Å². The maximum atomic E-state index is 12.4. The minimum absolute atomic E-state index is 0.149. The lowest BCUT2D eigenvalue weighted by atomic mass is 9.83. The standard InChI is InChI=1S/C20H26N4OS/c1-15-18(26-14-22-15)13-24-10-7-20(8-11-24)12-19(25)21-9-6-16-4-2-3-5-17(16)23-20/h2-5,14,23H,6-13H2,1H3,(H,21,25). The van der Waals surface area contributed by atoms with Gasteiger partial charge >= 0.3 is 0 Å². The van der Waals surface area contributed by atoms with Crippen molar-refractivity contribution in [3.8, 4) is 0 Å². The monoisotopic (exact) mass is 370 g/mol. The molecule has 0 radical (unpaired) electrons. The van der Waals surface area contributed by atoms with Gasteiger partial charge in [0, 0.05) is 48.7 Å². The highest BCUT2D eigenvalue weighted by molar-refractivity contribution is 7.09. The highest BCUT2D eigenvalue weighted by Gasteiger charge is 2.37. The van der Waals surface area contributed by atoms with Crippen molar-refractivity contribution in [1.29, 1.82) is 0 Å². The number of fused-ring (bicyclic) bond motifs is 1. The molecule has 0 unspecified atom stereocenters. The minimum Gasteiger partial charge on any atom is -0.379 e. The summed E-state index contributed by atoms with van der Waals surface area (Å²) in [5.74, 6) is 0.164. The number of nitrogens with one attached hydrogen (secondary N) is 2. The van der Waals surface area contributed by atoms with E-state index in [1.807, 2.05) is 5.51 Å². The molecule has 1 aromatic carbocycles. The lowest BCUT2D eigenvalue weighted by Crippen LogP contribution is -2.51. The quantitative estimate of drug-likeness (QED) is 0.853. The second kappa shape index (κ2) is 7.37. The number of hydrogen-bond donors (Lipinski definition) is 2. The van der Waals surface area contributed by atoms with Crippen LogP contribution in [0.4, 0.5) is 5.69 Å². The first-order valence-electron chi connectivity index (χ1n) is 9.38. The minimum atomic E-state index is -0.149. The number of aryl methyl sites for hydroxylation is 1. The molecule has 0 aliphatic carbocycles. The van der Waals surface area contributed by atoms with Gasteiger partial charge in [0.15, 0.2) is 0 Å². The summed E-state index contributed by atoms with van der Waals surface area (Å²) in [5.41, 5.74) is 5.40. The van der Waals surface area contributed by atoms with Crippen LogP contribution < -0.4 is 10.6 Å². The van der Waals surface area contributed by atoms with Gasteiger partial charge in [-0.2, -0.15) is 0 Å². The molecule has 1 spiro atoms. The summed E-state index contributed by atoms with van der Waals surface area (Å²) in [6, 6.07) is 8.47. The van der Waals surface area contributed by atoms with Crippen LogP contribution in [0.3, 0.4) is 0 Å². The third-order valence-electron chi connectivity index (χ3n) is 5.66. The molecule has 1 saturated heterocycles. The first-order chi connectivity index (χ1) is 12.6. The van der Waals surface area contributed by atoms with E-state index >= 15 is 0 Å². The van der Waals surface area contributed by atoms with Crippen LogP contribution in [0.1, 0.15) is 35.4 Å². The number of anilines is 1. The number of hydrogen-bond acceptors (Lipinski definition) is 5. The molecular weight excluding hydrogens is 344 g/mol. The van der Waals surface area contributed by atoms with Gasteiger partial charge in [0.25, 0.3) is 0 Å². The van der Waals surface area contributed by atoms with Gasteiger partial charge in [-0.15, -0.1) is 11.3 Å². The Kier molecular flexibility index (Phi) is 4.96. The first kappa shape index (κ1) is 17.5. The topological polar surface area (TPSA) is 57.3 Å². The zero-order valence-electron chi connectivity index (χ0n) is 15.3. The molecule has 2 aliphatic rings. The number of aromatic nitrogens is 1. The Bertz CT molecular complexity index is 780. The summed E-state index contributed by atoms with van der Waals surface area (Å²) >= 11 is 1.74. The number of para-hydroxylation sites is 1. The van der Waals surface area contributed by atoms with Crippen molar-refractivity contribution < 1.29 is 4.79 Å². The summed E-state index contributed by atoms with van der Waals surface area (Å²) in [6.07, 6.45) is 3.38. The molecule has 1 aromatic heterocycles. The van der Waals surface area contributed by atoms with E-state index in [-0.39, 0.29) is 11.4 Å². The van der Waals surface area contributed by atoms with E-state index in [1.54, 1.807) is 11.3 Å². The summed E-state index contributed by atoms with van der Waals surface area (Å²) in [6.45, 7) is 5.76. The molecule has 138 valence electrons. The van der Waals surface area contributed by atoms with Gasteiger partial charge < -0.3 is 10.6 Å². The average molecular weight is 371 g/mol. The Morgan fingerprint density at radius 2 is 2.08 bits per heavy atom. The fourth-order valence-corrected chi connectivity index (χ4v) is 4.84. The Morgan fingerprint density at radius 3 is 2.85 bits per heavy atom. The van der Waals surface area contributed by atoms with Crippen molar-refractivity contribution in [2.45, 2.75) is 44.7 Å². The van der Waals surface area contributed by atoms with E-state index in [1.165, 1.54) is 16.1 Å². The highest BCUT2D eigenvalue weighted by atomic mass is 32.1. The van der Waals surface area contributed by atoms with Gasteiger partial charge in [0.2, 0.25) is 5.91 Å². The van der Waals surface area contributed by atoms with E-state index in [2.05, 4.69) is 51.7 Å². The average Bonchev–Trinajstić information content (AvgIpc) is 3.05. The van der Waals surface area contributed by atoms with Gasteiger partial charge in [0.1, 0.15) is 0 Å².